The summed E-state index contributed by atoms with van der Waals surface area (Å²) >= 11 is 0. The zero-order valence-corrected chi connectivity index (χ0v) is 12.7. The Bertz CT molecular complexity index is 457. The predicted molar refractivity (Wildman–Crippen MR) is 84.8 cm³/mol. The van der Waals surface area contributed by atoms with Crippen molar-refractivity contribution in [3.8, 4) is 5.75 Å². The third-order valence-corrected chi connectivity index (χ3v) is 3.47. The SMILES string of the molecule is Cc1ccccc1OCCCNC(N)=NCC1CCCO1. The molecule has 0 radical (unpaired) electrons. The third-order valence-electron chi connectivity index (χ3n) is 3.47. The first-order chi connectivity index (χ1) is 10.3. The summed E-state index contributed by atoms with van der Waals surface area (Å²) in [5, 5.41) is 3.10. The number of para-hydroxylation sites is 1. The highest BCUT2D eigenvalue weighted by molar-refractivity contribution is 5.77. The second-order valence-corrected chi connectivity index (χ2v) is 5.26. The standard InChI is InChI=1S/C16H25N3O2/c1-13-6-2-3-8-15(13)21-11-5-9-18-16(17)19-12-14-7-4-10-20-14/h2-3,6,8,14H,4-5,7,9-12H2,1H3,(H3,17,18,19). The average molecular weight is 291 g/mol. The van der Waals surface area contributed by atoms with Crippen molar-refractivity contribution >= 4 is 5.96 Å². The van der Waals surface area contributed by atoms with Gasteiger partial charge in [-0.05, 0) is 37.8 Å². The van der Waals surface area contributed by atoms with Gasteiger partial charge in [0.25, 0.3) is 0 Å². The fourth-order valence-electron chi connectivity index (χ4n) is 2.23. The molecule has 1 aromatic rings. The fourth-order valence-corrected chi connectivity index (χ4v) is 2.23. The van der Waals surface area contributed by atoms with Crippen molar-refractivity contribution in [2.24, 2.45) is 10.7 Å². The lowest BCUT2D eigenvalue weighted by molar-refractivity contribution is 0.118. The van der Waals surface area contributed by atoms with Crippen LogP contribution < -0.4 is 15.8 Å². The second-order valence-electron chi connectivity index (χ2n) is 5.26. The van der Waals surface area contributed by atoms with Crippen LogP contribution >= 0.6 is 0 Å². The smallest absolute Gasteiger partial charge is 0.188 e. The van der Waals surface area contributed by atoms with Crippen molar-refractivity contribution < 1.29 is 9.47 Å². The Balaban J connectivity index is 1.56. The van der Waals surface area contributed by atoms with Gasteiger partial charge in [-0.25, -0.2) is 0 Å². The molecule has 0 spiro atoms. The van der Waals surface area contributed by atoms with Crippen LogP contribution in [0.4, 0.5) is 0 Å². The molecule has 0 amide bonds. The van der Waals surface area contributed by atoms with Crippen molar-refractivity contribution in [2.45, 2.75) is 32.3 Å². The first kappa shape index (κ1) is 15.6. The summed E-state index contributed by atoms with van der Waals surface area (Å²) in [4.78, 5) is 4.29. The Hall–Kier alpha value is -1.75. The number of guanidine groups is 1. The average Bonchev–Trinajstić information content (AvgIpc) is 3.00. The van der Waals surface area contributed by atoms with Crippen LogP contribution in [0, 0.1) is 6.92 Å². The molecular weight excluding hydrogens is 266 g/mol. The van der Waals surface area contributed by atoms with Crippen molar-refractivity contribution in [1.29, 1.82) is 0 Å². The molecule has 1 saturated heterocycles. The summed E-state index contributed by atoms with van der Waals surface area (Å²) < 4.78 is 11.2. The van der Waals surface area contributed by atoms with Crippen molar-refractivity contribution in [3.63, 3.8) is 0 Å². The molecule has 1 aromatic carbocycles. The Morgan fingerprint density at radius 3 is 3.10 bits per heavy atom. The van der Waals surface area contributed by atoms with Crippen LogP contribution in [-0.2, 0) is 4.74 Å². The third kappa shape index (κ3) is 5.63. The van der Waals surface area contributed by atoms with Gasteiger partial charge < -0.3 is 20.5 Å². The molecule has 116 valence electrons. The maximum atomic E-state index is 5.81. The quantitative estimate of drug-likeness (QED) is 0.457. The van der Waals surface area contributed by atoms with Gasteiger partial charge in [0, 0.05) is 13.2 Å². The summed E-state index contributed by atoms with van der Waals surface area (Å²) in [6.45, 7) is 4.97. The van der Waals surface area contributed by atoms with E-state index in [0.717, 1.165) is 43.7 Å². The monoisotopic (exact) mass is 291 g/mol. The van der Waals surface area contributed by atoms with Crippen LogP contribution in [0.5, 0.6) is 5.75 Å². The van der Waals surface area contributed by atoms with Gasteiger partial charge in [-0.3, -0.25) is 4.99 Å². The van der Waals surface area contributed by atoms with Crippen LogP contribution in [0.25, 0.3) is 0 Å². The molecule has 1 unspecified atom stereocenters. The highest BCUT2D eigenvalue weighted by Crippen LogP contribution is 2.16. The van der Waals surface area contributed by atoms with E-state index in [1.165, 1.54) is 0 Å². The number of aryl methyl sites for hydroxylation is 1. The number of hydrogen-bond acceptors (Lipinski definition) is 3. The van der Waals surface area contributed by atoms with Gasteiger partial charge in [0.05, 0.1) is 19.3 Å². The molecule has 1 aliphatic rings. The number of nitrogens with two attached hydrogens (primary N) is 1. The zero-order chi connectivity index (χ0) is 14.9. The number of nitrogens with one attached hydrogen (secondary N) is 1. The summed E-state index contributed by atoms with van der Waals surface area (Å²) in [5.41, 5.74) is 6.97. The molecule has 1 atom stereocenters. The number of ether oxygens (including phenoxy) is 2. The van der Waals surface area contributed by atoms with Gasteiger partial charge in [0.15, 0.2) is 5.96 Å². The van der Waals surface area contributed by atoms with Crippen LogP contribution in [0.3, 0.4) is 0 Å². The summed E-state index contributed by atoms with van der Waals surface area (Å²) in [7, 11) is 0. The number of aliphatic imine (C=N–C) groups is 1. The summed E-state index contributed by atoms with van der Waals surface area (Å²) in [6, 6.07) is 8.02. The van der Waals surface area contributed by atoms with Crippen LogP contribution in [0.2, 0.25) is 0 Å². The molecule has 21 heavy (non-hydrogen) atoms. The molecule has 1 fully saturated rings. The summed E-state index contributed by atoms with van der Waals surface area (Å²) in [5.74, 6) is 1.43. The van der Waals surface area contributed by atoms with Gasteiger partial charge in [-0.2, -0.15) is 0 Å². The topological polar surface area (TPSA) is 68.9 Å². The van der Waals surface area contributed by atoms with Gasteiger partial charge in [0.1, 0.15) is 5.75 Å². The first-order valence-electron chi connectivity index (χ1n) is 7.59. The normalized spacial score (nSPS) is 18.7. The van der Waals surface area contributed by atoms with Crippen molar-refractivity contribution in [1.82, 2.24) is 5.32 Å². The van der Waals surface area contributed by atoms with E-state index >= 15 is 0 Å². The molecule has 5 heteroatoms. The minimum Gasteiger partial charge on any atom is -0.493 e. The van der Waals surface area contributed by atoms with Crippen LogP contribution in [-0.4, -0.2) is 38.4 Å². The molecule has 0 aromatic heterocycles. The minimum atomic E-state index is 0.245. The molecular formula is C16H25N3O2. The van der Waals surface area contributed by atoms with Crippen LogP contribution in [0.1, 0.15) is 24.8 Å². The molecule has 0 aliphatic carbocycles. The lowest BCUT2D eigenvalue weighted by Crippen LogP contribution is -2.33. The van der Waals surface area contributed by atoms with Gasteiger partial charge in [-0.15, -0.1) is 0 Å². The number of hydrogen-bond donors (Lipinski definition) is 2. The second kappa shape index (κ2) is 8.52. The highest BCUT2D eigenvalue weighted by Gasteiger charge is 2.14. The van der Waals surface area contributed by atoms with Gasteiger partial charge in [-0.1, -0.05) is 18.2 Å². The number of benzene rings is 1. The molecule has 5 nitrogen and oxygen atoms in total. The number of rotatable bonds is 7. The molecule has 3 N–H and O–H groups in total. The zero-order valence-electron chi connectivity index (χ0n) is 12.7. The molecule has 0 bridgehead atoms. The van der Waals surface area contributed by atoms with Crippen LogP contribution in [0.15, 0.2) is 29.3 Å². The maximum Gasteiger partial charge on any atom is 0.188 e. The van der Waals surface area contributed by atoms with E-state index in [1.54, 1.807) is 0 Å². The Kier molecular flexibility index (Phi) is 6.34. The summed E-state index contributed by atoms with van der Waals surface area (Å²) in [6.07, 6.45) is 3.34. The Morgan fingerprint density at radius 1 is 1.48 bits per heavy atom. The first-order valence-corrected chi connectivity index (χ1v) is 7.59. The van der Waals surface area contributed by atoms with Gasteiger partial charge >= 0.3 is 0 Å². The lowest BCUT2D eigenvalue weighted by Gasteiger charge is -2.10. The van der Waals surface area contributed by atoms with E-state index in [9.17, 15) is 0 Å². The molecule has 1 aliphatic heterocycles. The van der Waals surface area contributed by atoms with Crippen molar-refractivity contribution in [3.05, 3.63) is 29.8 Å². The van der Waals surface area contributed by atoms with E-state index in [1.807, 2.05) is 31.2 Å². The van der Waals surface area contributed by atoms with E-state index in [-0.39, 0.29) is 6.10 Å². The largest absolute Gasteiger partial charge is 0.493 e. The van der Waals surface area contributed by atoms with Crippen molar-refractivity contribution in [2.75, 3.05) is 26.3 Å². The minimum absolute atomic E-state index is 0.245. The molecule has 1 heterocycles. The lowest BCUT2D eigenvalue weighted by atomic mass is 10.2. The van der Waals surface area contributed by atoms with Gasteiger partial charge in [0.2, 0.25) is 0 Å². The molecule has 2 rings (SSSR count). The van der Waals surface area contributed by atoms with E-state index < -0.39 is 0 Å². The Labute approximate surface area is 126 Å². The Morgan fingerprint density at radius 2 is 2.33 bits per heavy atom. The fraction of sp³-hybridized carbons (Fsp3) is 0.562. The predicted octanol–water partition coefficient (Wildman–Crippen LogP) is 1.85. The van der Waals surface area contributed by atoms with E-state index in [0.29, 0.717) is 19.1 Å². The van der Waals surface area contributed by atoms with E-state index in [2.05, 4.69) is 10.3 Å². The highest BCUT2D eigenvalue weighted by atomic mass is 16.5. The maximum absolute atomic E-state index is 5.81. The van der Waals surface area contributed by atoms with E-state index in [4.69, 9.17) is 15.2 Å². The number of nitrogens with zero attached hydrogens (tertiary/aromatic N) is 1. The molecule has 0 saturated carbocycles.